The zero-order valence-corrected chi connectivity index (χ0v) is 21.3. The highest BCUT2D eigenvalue weighted by Crippen LogP contribution is 2.25. The van der Waals surface area contributed by atoms with Crippen molar-refractivity contribution in [2.75, 3.05) is 32.7 Å². The van der Waals surface area contributed by atoms with E-state index in [1.54, 1.807) is 42.2 Å². The van der Waals surface area contributed by atoms with Gasteiger partial charge in [-0.05, 0) is 42.7 Å². The second-order valence-electron chi connectivity index (χ2n) is 8.07. The van der Waals surface area contributed by atoms with E-state index in [2.05, 4.69) is 5.32 Å². The first kappa shape index (κ1) is 29.6. The van der Waals surface area contributed by atoms with Crippen molar-refractivity contribution < 1.29 is 36.3 Å². The number of aryl methyl sites for hydroxylation is 2. The highest BCUT2D eigenvalue weighted by Gasteiger charge is 2.38. The smallest absolute Gasteiger partial charge is 0.475 e. The summed E-state index contributed by atoms with van der Waals surface area (Å²) in [6, 6.07) is 12.4. The molecule has 0 aliphatic carbocycles. The van der Waals surface area contributed by atoms with E-state index in [0.717, 1.165) is 5.56 Å². The molecule has 2 aromatic carbocycles. The number of nitrogens with zero attached hydrogens (tertiary/aromatic N) is 2. The molecule has 1 fully saturated rings. The van der Waals surface area contributed by atoms with Gasteiger partial charge in [0.25, 0.3) is 0 Å². The SMILES string of the molecule is Cc1ccc(C)c(S(=O)(=O)N(CC(=O)N2CCNCC2)Cc2ccccc2Cl)c1.O=C(O)C(F)(F)F. The van der Waals surface area contributed by atoms with E-state index in [1.807, 2.05) is 19.1 Å². The van der Waals surface area contributed by atoms with Gasteiger partial charge in [-0.15, -0.1) is 0 Å². The molecule has 2 aromatic rings. The van der Waals surface area contributed by atoms with Gasteiger partial charge in [-0.2, -0.15) is 17.5 Å². The average molecular weight is 550 g/mol. The second kappa shape index (κ2) is 12.5. The minimum Gasteiger partial charge on any atom is -0.475 e. The van der Waals surface area contributed by atoms with Crippen LogP contribution >= 0.6 is 11.6 Å². The van der Waals surface area contributed by atoms with Crippen LogP contribution < -0.4 is 5.32 Å². The normalized spacial score (nSPS) is 14.2. The first-order chi connectivity index (χ1) is 16.7. The lowest BCUT2D eigenvalue weighted by atomic mass is 10.2. The molecular weight excluding hydrogens is 523 g/mol. The van der Waals surface area contributed by atoms with E-state index in [4.69, 9.17) is 21.5 Å². The Bertz CT molecular complexity index is 1190. The topological polar surface area (TPSA) is 107 Å². The van der Waals surface area contributed by atoms with Crippen LogP contribution in [-0.2, 0) is 26.2 Å². The lowest BCUT2D eigenvalue weighted by Gasteiger charge is -2.30. The number of rotatable bonds is 6. The molecule has 198 valence electrons. The van der Waals surface area contributed by atoms with Gasteiger partial charge in [-0.25, -0.2) is 13.2 Å². The molecule has 1 amide bonds. The summed E-state index contributed by atoms with van der Waals surface area (Å²) in [5.74, 6) is -2.96. The Kier molecular flexibility index (Phi) is 10.3. The van der Waals surface area contributed by atoms with Crippen molar-refractivity contribution in [2.24, 2.45) is 0 Å². The van der Waals surface area contributed by atoms with Crippen LogP contribution in [0.5, 0.6) is 0 Å². The van der Waals surface area contributed by atoms with Crippen LogP contribution in [0.4, 0.5) is 13.2 Å². The average Bonchev–Trinajstić information content (AvgIpc) is 2.81. The molecule has 0 saturated carbocycles. The Morgan fingerprint density at radius 2 is 1.69 bits per heavy atom. The van der Waals surface area contributed by atoms with Crippen LogP contribution in [0.2, 0.25) is 5.02 Å². The monoisotopic (exact) mass is 549 g/mol. The predicted octanol–water partition coefficient (Wildman–Crippen LogP) is 3.21. The van der Waals surface area contributed by atoms with E-state index in [1.165, 1.54) is 4.31 Å². The van der Waals surface area contributed by atoms with Gasteiger partial charge < -0.3 is 15.3 Å². The predicted molar refractivity (Wildman–Crippen MR) is 128 cm³/mol. The number of carbonyl (C=O) groups excluding carboxylic acids is 1. The fraction of sp³-hybridized carbons (Fsp3) is 0.391. The first-order valence-corrected chi connectivity index (χ1v) is 12.6. The molecule has 0 spiro atoms. The molecule has 1 saturated heterocycles. The first-order valence-electron chi connectivity index (χ1n) is 10.8. The number of carboxylic acids is 1. The summed E-state index contributed by atoms with van der Waals surface area (Å²) in [7, 11) is -3.89. The highest BCUT2D eigenvalue weighted by atomic mass is 35.5. The molecule has 36 heavy (non-hydrogen) atoms. The zero-order valence-electron chi connectivity index (χ0n) is 19.7. The molecule has 1 aliphatic heterocycles. The number of sulfonamides is 1. The molecule has 0 radical (unpaired) electrons. The molecule has 1 aliphatic rings. The number of carboxylic acid groups (broad SMARTS) is 1. The molecule has 0 bridgehead atoms. The summed E-state index contributed by atoms with van der Waals surface area (Å²) >= 11 is 6.28. The van der Waals surface area contributed by atoms with Gasteiger partial charge in [-0.3, -0.25) is 4.79 Å². The molecular formula is C23H27ClF3N3O5S. The summed E-state index contributed by atoms with van der Waals surface area (Å²) in [5, 5.41) is 10.8. The number of aliphatic carboxylic acids is 1. The fourth-order valence-electron chi connectivity index (χ4n) is 3.33. The Balaban J connectivity index is 0.000000572. The van der Waals surface area contributed by atoms with E-state index in [0.29, 0.717) is 42.3 Å². The quantitative estimate of drug-likeness (QED) is 0.573. The molecule has 1 heterocycles. The minimum absolute atomic E-state index is 0.0349. The lowest BCUT2D eigenvalue weighted by Crippen LogP contribution is -2.50. The molecule has 3 rings (SSSR count). The van der Waals surface area contributed by atoms with Gasteiger partial charge in [0.1, 0.15) is 0 Å². The van der Waals surface area contributed by atoms with Crippen molar-refractivity contribution >= 4 is 33.5 Å². The maximum Gasteiger partial charge on any atom is 0.490 e. The molecule has 13 heteroatoms. The number of piperazine rings is 1. The van der Waals surface area contributed by atoms with E-state index in [9.17, 15) is 26.4 Å². The van der Waals surface area contributed by atoms with Crippen molar-refractivity contribution in [2.45, 2.75) is 31.5 Å². The van der Waals surface area contributed by atoms with E-state index in [-0.39, 0.29) is 23.9 Å². The van der Waals surface area contributed by atoms with Gasteiger partial charge in [0, 0.05) is 37.7 Å². The van der Waals surface area contributed by atoms with Crippen molar-refractivity contribution in [3.8, 4) is 0 Å². The standard InChI is InChI=1S/C21H26ClN3O3S.C2HF3O2/c1-16-7-8-17(2)20(13-16)29(27,28)25(14-18-5-3-4-6-19(18)22)15-21(26)24-11-9-23-10-12-24;3-2(4,5)1(6)7/h3-8,13,23H,9-12,14-15H2,1-2H3;(H,6,7). The van der Waals surface area contributed by atoms with Crippen LogP contribution in [0.1, 0.15) is 16.7 Å². The third-order valence-corrected chi connectivity index (χ3v) is 7.59. The van der Waals surface area contributed by atoms with Gasteiger partial charge >= 0.3 is 12.1 Å². The maximum absolute atomic E-state index is 13.5. The van der Waals surface area contributed by atoms with Crippen molar-refractivity contribution in [3.63, 3.8) is 0 Å². The molecule has 0 atom stereocenters. The Hall–Kier alpha value is -2.67. The van der Waals surface area contributed by atoms with Gasteiger partial charge in [0.15, 0.2) is 0 Å². The van der Waals surface area contributed by atoms with Gasteiger partial charge in [-0.1, -0.05) is 41.9 Å². The molecule has 0 unspecified atom stereocenters. The second-order valence-corrected chi connectivity index (χ2v) is 10.4. The third-order valence-electron chi connectivity index (χ3n) is 5.29. The summed E-state index contributed by atoms with van der Waals surface area (Å²) in [6.07, 6.45) is -5.08. The van der Waals surface area contributed by atoms with E-state index >= 15 is 0 Å². The maximum atomic E-state index is 13.5. The van der Waals surface area contributed by atoms with Gasteiger partial charge in [0.2, 0.25) is 15.9 Å². The Labute approximate surface area is 212 Å². The number of benzene rings is 2. The number of alkyl halides is 3. The number of halogens is 4. The zero-order chi connectivity index (χ0) is 27.1. The van der Waals surface area contributed by atoms with Crippen LogP contribution in [-0.4, -0.2) is 73.5 Å². The minimum atomic E-state index is -5.08. The molecule has 0 aromatic heterocycles. The van der Waals surface area contributed by atoms with Crippen molar-refractivity contribution in [3.05, 3.63) is 64.2 Å². The van der Waals surface area contributed by atoms with Crippen molar-refractivity contribution in [1.29, 1.82) is 0 Å². The molecule has 2 N–H and O–H groups in total. The Morgan fingerprint density at radius 1 is 1.11 bits per heavy atom. The van der Waals surface area contributed by atoms with Gasteiger partial charge in [0.05, 0.1) is 11.4 Å². The van der Waals surface area contributed by atoms with Crippen LogP contribution in [0.3, 0.4) is 0 Å². The number of carbonyl (C=O) groups is 2. The number of nitrogens with one attached hydrogen (secondary N) is 1. The fourth-order valence-corrected chi connectivity index (χ4v) is 5.20. The summed E-state index contributed by atoms with van der Waals surface area (Å²) in [4.78, 5) is 23.7. The number of amides is 1. The third kappa shape index (κ3) is 8.19. The summed E-state index contributed by atoms with van der Waals surface area (Å²) in [6.45, 7) is 5.99. The van der Waals surface area contributed by atoms with Crippen molar-refractivity contribution in [1.82, 2.24) is 14.5 Å². The Morgan fingerprint density at radius 3 is 2.25 bits per heavy atom. The number of hydrogen-bond donors (Lipinski definition) is 2. The summed E-state index contributed by atoms with van der Waals surface area (Å²) in [5.41, 5.74) is 2.16. The summed E-state index contributed by atoms with van der Waals surface area (Å²) < 4.78 is 60.1. The highest BCUT2D eigenvalue weighted by molar-refractivity contribution is 7.89. The largest absolute Gasteiger partial charge is 0.490 e. The van der Waals surface area contributed by atoms with Crippen LogP contribution in [0.25, 0.3) is 0 Å². The lowest BCUT2D eigenvalue weighted by molar-refractivity contribution is -0.192. The van der Waals surface area contributed by atoms with E-state index < -0.39 is 22.2 Å². The molecule has 8 nitrogen and oxygen atoms in total. The van der Waals surface area contributed by atoms with Crippen LogP contribution in [0.15, 0.2) is 47.4 Å². The van der Waals surface area contributed by atoms with Crippen LogP contribution in [0, 0.1) is 13.8 Å². The number of hydrogen-bond acceptors (Lipinski definition) is 5.